The summed E-state index contributed by atoms with van der Waals surface area (Å²) < 4.78 is 71.7. The lowest BCUT2D eigenvalue weighted by Crippen LogP contribution is -2.14. The van der Waals surface area contributed by atoms with Crippen LogP contribution in [0, 0.1) is 23.7 Å². The van der Waals surface area contributed by atoms with Gasteiger partial charge in [-0.3, -0.25) is 0 Å². The van der Waals surface area contributed by atoms with Gasteiger partial charge in [-0.2, -0.15) is 5.26 Å². The zero-order valence-corrected chi connectivity index (χ0v) is 25.9. The Hall–Kier alpha value is -5.88. The Balaban J connectivity index is 1.74. The molecular weight excluding hydrogens is 663 g/mol. The number of aromatic carboxylic acids is 1. The van der Waals surface area contributed by atoms with Crippen molar-refractivity contribution < 1.29 is 31.5 Å². The number of halogens is 4. The van der Waals surface area contributed by atoms with Crippen molar-refractivity contribution in [3.8, 4) is 39.6 Å². The van der Waals surface area contributed by atoms with Crippen LogP contribution in [0.1, 0.15) is 27.9 Å². The van der Waals surface area contributed by atoms with E-state index in [1.807, 2.05) is 0 Å². The lowest BCUT2D eigenvalue weighted by molar-refractivity contribution is 0.0696. The highest BCUT2D eigenvalue weighted by atomic mass is 35.5. The molecule has 0 radical (unpaired) electrons. The van der Waals surface area contributed by atoms with Gasteiger partial charge in [0.05, 0.1) is 39.9 Å². The van der Waals surface area contributed by atoms with Gasteiger partial charge in [0.25, 0.3) is 16.4 Å². The number of carboxylic acids is 1. The fourth-order valence-electron chi connectivity index (χ4n) is 5.53. The molecule has 236 valence electrons. The molecule has 1 N–H and O–H groups in total. The molecule has 48 heavy (non-hydrogen) atoms. The van der Waals surface area contributed by atoms with Gasteiger partial charge in [0.1, 0.15) is 5.82 Å². The molecule has 0 amide bonds. The van der Waals surface area contributed by atoms with Crippen molar-refractivity contribution in [1.29, 1.82) is 5.26 Å². The summed E-state index contributed by atoms with van der Waals surface area (Å²) in [5, 5.41) is 19.7. The summed E-state index contributed by atoms with van der Waals surface area (Å²) in [5.41, 5.74) is 1.25. The Morgan fingerprint density at radius 3 is 2.29 bits per heavy atom. The van der Waals surface area contributed by atoms with Crippen molar-refractivity contribution in [3.05, 3.63) is 142 Å². The zero-order valence-electron chi connectivity index (χ0n) is 24.3. The highest BCUT2D eigenvalue weighted by Crippen LogP contribution is 2.46. The Morgan fingerprint density at radius 1 is 0.917 bits per heavy atom. The van der Waals surface area contributed by atoms with Gasteiger partial charge in [-0.1, -0.05) is 60.1 Å². The SMILES string of the molecule is [C-]#[N+]c1ccc(C#N)c(-c2c(-c3cccc(-c4ccc(C(=O)O)cc4Cl)c3)n(S(=O)(=O)c3ccc(C(F)F)cc3)c3ccc(F)cc23)c1. The van der Waals surface area contributed by atoms with Gasteiger partial charge in [0.15, 0.2) is 5.69 Å². The minimum Gasteiger partial charge on any atom is -0.478 e. The molecule has 0 bridgehead atoms. The second-order valence-corrected chi connectivity index (χ2v) is 12.8. The van der Waals surface area contributed by atoms with E-state index in [0.717, 1.165) is 40.4 Å². The fourth-order valence-corrected chi connectivity index (χ4v) is 7.37. The summed E-state index contributed by atoms with van der Waals surface area (Å²) in [6, 6.07) is 24.5. The predicted molar refractivity (Wildman–Crippen MR) is 175 cm³/mol. The molecule has 5 aromatic carbocycles. The molecule has 1 aromatic heterocycles. The summed E-state index contributed by atoms with van der Waals surface area (Å²) in [6.07, 6.45) is -2.84. The minimum absolute atomic E-state index is 0.00713. The maximum Gasteiger partial charge on any atom is 0.335 e. The molecule has 6 aromatic rings. The number of carbonyl (C=O) groups is 1. The van der Waals surface area contributed by atoms with Crippen LogP contribution in [0.15, 0.2) is 108 Å². The van der Waals surface area contributed by atoms with E-state index in [4.69, 9.17) is 18.2 Å². The van der Waals surface area contributed by atoms with Crippen molar-refractivity contribution in [1.82, 2.24) is 3.97 Å². The molecule has 0 spiro atoms. The van der Waals surface area contributed by atoms with Gasteiger partial charge in [0.2, 0.25) is 0 Å². The van der Waals surface area contributed by atoms with E-state index < -0.39 is 28.2 Å². The number of hydrogen-bond donors (Lipinski definition) is 1. The number of rotatable bonds is 7. The maximum absolute atomic E-state index is 15.0. The first-order valence-corrected chi connectivity index (χ1v) is 15.8. The summed E-state index contributed by atoms with van der Waals surface area (Å²) in [5.74, 6) is -1.88. The van der Waals surface area contributed by atoms with Crippen LogP contribution in [0.3, 0.4) is 0 Å². The molecule has 0 saturated heterocycles. The summed E-state index contributed by atoms with van der Waals surface area (Å²) >= 11 is 6.48. The first-order valence-electron chi connectivity index (χ1n) is 14.0. The van der Waals surface area contributed by atoms with Crippen LogP contribution in [0.2, 0.25) is 5.02 Å². The molecule has 0 saturated carbocycles. The number of nitrogens with zero attached hydrogens (tertiary/aromatic N) is 3. The van der Waals surface area contributed by atoms with Crippen molar-refractivity contribution in [2.75, 3.05) is 0 Å². The zero-order chi connectivity index (χ0) is 34.3. The first-order chi connectivity index (χ1) is 22.9. The van der Waals surface area contributed by atoms with Crippen molar-refractivity contribution in [2.45, 2.75) is 11.3 Å². The van der Waals surface area contributed by atoms with Gasteiger partial charge in [-0.05, 0) is 65.7 Å². The molecule has 0 aliphatic rings. The van der Waals surface area contributed by atoms with E-state index in [0.29, 0.717) is 11.1 Å². The molecule has 0 unspecified atom stereocenters. The van der Waals surface area contributed by atoms with Crippen molar-refractivity contribution in [3.63, 3.8) is 0 Å². The van der Waals surface area contributed by atoms with Crippen LogP contribution < -0.4 is 0 Å². The van der Waals surface area contributed by atoms with Crippen molar-refractivity contribution >= 4 is 44.2 Å². The van der Waals surface area contributed by atoms with E-state index >= 15 is 0 Å². The van der Waals surface area contributed by atoms with E-state index in [1.165, 1.54) is 42.5 Å². The standard InChI is InChI=1S/C36H19ClF3N3O4S/c1-42-26-10-5-24(19-41)29(18-26)33-30-17-25(38)9-14-32(30)43(48(46,47)27-11-6-20(7-12-27)35(39)40)34(33)22-4-2-3-21(15-22)28-13-8-23(36(44)45)16-31(28)37/h2-18,35H,(H,44,45). The van der Waals surface area contributed by atoms with Crippen LogP contribution >= 0.6 is 11.6 Å². The largest absolute Gasteiger partial charge is 0.478 e. The predicted octanol–water partition coefficient (Wildman–Crippen LogP) is 9.73. The Bertz CT molecular complexity index is 2480. The average Bonchev–Trinajstić information content (AvgIpc) is 3.42. The van der Waals surface area contributed by atoms with Gasteiger partial charge in [-0.15, -0.1) is 0 Å². The fraction of sp³-hybridized carbons (Fsp3) is 0.0278. The Kier molecular flexibility index (Phi) is 8.27. The molecule has 12 heteroatoms. The summed E-state index contributed by atoms with van der Waals surface area (Å²) in [7, 11) is -4.61. The molecule has 0 aliphatic carbocycles. The second-order valence-electron chi connectivity index (χ2n) is 10.6. The topological polar surface area (TPSA) is 105 Å². The van der Waals surface area contributed by atoms with E-state index in [9.17, 15) is 36.8 Å². The molecule has 7 nitrogen and oxygen atoms in total. The number of aromatic nitrogens is 1. The van der Waals surface area contributed by atoms with Crippen LogP contribution in [-0.2, 0) is 10.0 Å². The van der Waals surface area contributed by atoms with Gasteiger partial charge >= 0.3 is 5.97 Å². The van der Waals surface area contributed by atoms with Crippen molar-refractivity contribution in [2.24, 2.45) is 0 Å². The smallest absolute Gasteiger partial charge is 0.335 e. The maximum atomic E-state index is 15.0. The highest BCUT2D eigenvalue weighted by Gasteiger charge is 2.30. The summed E-state index contributed by atoms with van der Waals surface area (Å²) in [6.45, 7) is 7.57. The third-order valence-electron chi connectivity index (χ3n) is 7.74. The minimum atomic E-state index is -4.61. The van der Waals surface area contributed by atoms with Crippen LogP contribution in [0.4, 0.5) is 18.9 Å². The third kappa shape index (κ3) is 5.56. The van der Waals surface area contributed by atoms with Crippen LogP contribution in [0.5, 0.6) is 0 Å². The lowest BCUT2D eigenvalue weighted by atomic mass is 9.93. The van der Waals surface area contributed by atoms with Crippen LogP contribution in [0.25, 0.3) is 49.3 Å². The van der Waals surface area contributed by atoms with Gasteiger partial charge < -0.3 is 5.11 Å². The molecule has 6 rings (SSSR count). The first kappa shape index (κ1) is 32.1. The number of nitriles is 1. The lowest BCUT2D eigenvalue weighted by Gasteiger charge is -2.16. The van der Waals surface area contributed by atoms with Crippen LogP contribution in [-0.4, -0.2) is 23.5 Å². The third-order valence-corrected chi connectivity index (χ3v) is 9.78. The Morgan fingerprint density at radius 2 is 1.65 bits per heavy atom. The Labute approximate surface area is 277 Å². The number of alkyl halides is 2. The molecule has 1 heterocycles. The van der Waals surface area contributed by atoms with Gasteiger partial charge in [0, 0.05) is 32.7 Å². The monoisotopic (exact) mass is 681 g/mol. The van der Waals surface area contributed by atoms with E-state index in [1.54, 1.807) is 24.3 Å². The number of hydrogen-bond acceptors (Lipinski definition) is 4. The molecule has 0 atom stereocenters. The molecule has 0 fully saturated rings. The van der Waals surface area contributed by atoms with E-state index in [2.05, 4.69) is 10.9 Å². The number of benzene rings is 5. The average molecular weight is 682 g/mol. The highest BCUT2D eigenvalue weighted by molar-refractivity contribution is 7.90. The van der Waals surface area contributed by atoms with E-state index in [-0.39, 0.29) is 65.6 Å². The molecule has 0 aliphatic heterocycles. The second kappa shape index (κ2) is 12.4. The van der Waals surface area contributed by atoms with Gasteiger partial charge in [-0.25, -0.2) is 35.2 Å². The molecular formula is C36H19ClF3N3O4S. The number of fused-ring (bicyclic) bond motifs is 1. The normalized spacial score (nSPS) is 11.4. The number of carboxylic acid groups (broad SMARTS) is 1. The quantitative estimate of drug-likeness (QED) is 0.169. The summed E-state index contributed by atoms with van der Waals surface area (Å²) in [4.78, 5) is 14.6.